The normalized spacial score (nSPS) is 18.6. The molecule has 1 N–H and O–H groups in total. The van der Waals surface area contributed by atoms with Crippen LogP contribution in [-0.2, 0) is 11.2 Å². The summed E-state index contributed by atoms with van der Waals surface area (Å²) in [5, 5.41) is 7.09. The fourth-order valence-corrected chi connectivity index (χ4v) is 4.33. The first kappa shape index (κ1) is 21.3. The van der Waals surface area contributed by atoms with E-state index in [1.807, 2.05) is 35.2 Å². The summed E-state index contributed by atoms with van der Waals surface area (Å²) in [6.45, 7) is 1.36. The van der Waals surface area contributed by atoms with E-state index in [9.17, 15) is 9.59 Å². The maximum Gasteiger partial charge on any atom is 0.254 e. The molecule has 2 aromatic rings. The molecule has 31 heavy (non-hydrogen) atoms. The van der Waals surface area contributed by atoms with Gasteiger partial charge in [-0.3, -0.25) is 9.59 Å². The molecular formula is C24H30N4O3. The molecule has 164 valence electrons. The van der Waals surface area contributed by atoms with Gasteiger partial charge in [0, 0.05) is 31.5 Å². The molecule has 1 saturated heterocycles. The zero-order valence-electron chi connectivity index (χ0n) is 17.9. The lowest BCUT2D eigenvalue weighted by Gasteiger charge is -2.22. The number of allylic oxidation sites excluding steroid dienone is 1. The third-order valence-corrected chi connectivity index (χ3v) is 6.04. The maximum atomic E-state index is 12.9. The molecule has 1 aliphatic carbocycles. The number of rotatable bonds is 8. The Morgan fingerprint density at radius 3 is 2.81 bits per heavy atom. The second-order valence-corrected chi connectivity index (χ2v) is 8.28. The SMILES string of the molecule is O=C(CCc1nc(C2CCCN2C(=O)c2ccccc2)no1)NCCC1=CCCCC1. The van der Waals surface area contributed by atoms with Crippen molar-refractivity contribution >= 4 is 11.8 Å². The lowest BCUT2D eigenvalue weighted by atomic mass is 9.97. The van der Waals surface area contributed by atoms with Gasteiger partial charge in [0.15, 0.2) is 5.82 Å². The molecule has 0 saturated carbocycles. The molecule has 7 heteroatoms. The Bertz CT molecular complexity index is 922. The topological polar surface area (TPSA) is 88.3 Å². The van der Waals surface area contributed by atoms with E-state index >= 15 is 0 Å². The molecule has 0 spiro atoms. The predicted molar refractivity (Wildman–Crippen MR) is 116 cm³/mol. The first-order valence-electron chi connectivity index (χ1n) is 11.3. The number of carbonyl (C=O) groups is 2. The molecule has 2 aliphatic rings. The van der Waals surface area contributed by atoms with Gasteiger partial charge in [0.25, 0.3) is 5.91 Å². The van der Waals surface area contributed by atoms with Gasteiger partial charge < -0.3 is 14.7 Å². The van der Waals surface area contributed by atoms with Crippen molar-refractivity contribution in [3.8, 4) is 0 Å². The van der Waals surface area contributed by atoms with Gasteiger partial charge >= 0.3 is 0 Å². The highest BCUT2D eigenvalue weighted by atomic mass is 16.5. The molecule has 1 unspecified atom stereocenters. The van der Waals surface area contributed by atoms with Crippen molar-refractivity contribution in [2.45, 2.75) is 63.8 Å². The average molecular weight is 423 g/mol. The number of aryl methyl sites for hydroxylation is 1. The van der Waals surface area contributed by atoms with E-state index in [0.29, 0.717) is 43.2 Å². The highest BCUT2D eigenvalue weighted by Crippen LogP contribution is 2.31. The summed E-state index contributed by atoms with van der Waals surface area (Å²) < 4.78 is 5.37. The van der Waals surface area contributed by atoms with Crippen LogP contribution in [0.5, 0.6) is 0 Å². The molecule has 0 bridgehead atoms. The number of nitrogens with zero attached hydrogens (tertiary/aromatic N) is 3. The number of benzene rings is 1. The number of aromatic nitrogens is 2. The largest absolute Gasteiger partial charge is 0.356 e. The van der Waals surface area contributed by atoms with Gasteiger partial charge in [-0.15, -0.1) is 0 Å². The minimum atomic E-state index is -0.178. The van der Waals surface area contributed by atoms with Gasteiger partial charge in [0.2, 0.25) is 11.8 Å². The van der Waals surface area contributed by atoms with Crippen LogP contribution in [0.1, 0.15) is 79.5 Å². The Balaban J connectivity index is 1.26. The maximum absolute atomic E-state index is 12.9. The standard InChI is InChI=1S/C24H30N4O3/c29-21(25-16-15-18-8-3-1-4-9-18)13-14-22-26-23(27-31-22)20-12-7-17-28(20)24(30)19-10-5-2-6-11-19/h2,5-6,8,10-11,20H,1,3-4,7,9,12-17H2,(H,25,29). The van der Waals surface area contributed by atoms with Crippen LogP contribution in [0.3, 0.4) is 0 Å². The molecular weight excluding hydrogens is 392 g/mol. The fourth-order valence-electron chi connectivity index (χ4n) is 4.33. The molecule has 1 atom stereocenters. The summed E-state index contributed by atoms with van der Waals surface area (Å²) in [4.78, 5) is 31.3. The first-order valence-corrected chi connectivity index (χ1v) is 11.3. The molecule has 1 fully saturated rings. The van der Waals surface area contributed by atoms with Crippen molar-refractivity contribution in [2.24, 2.45) is 0 Å². The summed E-state index contributed by atoms with van der Waals surface area (Å²) in [6, 6.07) is 9.09. The minimum absolute atomic E-state index is 0.00194. The third kappa shape index (κ3) is 5.60. The second kappa shape index (κ2) is 10.4. The van der Waals surface area contributed by atoms with Gasteiger partial charge in [0.05, 0.1) is 6.04 Å². The van der Waals surface area contributed by atoms with Crippen molar-refractivity contribution in [1.29, 1.82) is 0 Å². The third-order valence-electron chi connectivity index (χ3n) is 6.04. The van der Waals surface area contributed by atoms with Crippen molar-refractivity contribution in [3.63, 3.8) is 0 Å². The van der Waals surface area contributed by atoms with Gasteiger partial charge in [-0.2, -0.15) is 4.98 Å². The molecule has 7 nitrogen and oxygen atoms in total. The lowest BCUT2D eigenvalue weighted by molar-refractivity contribution is -0.121. The van der Waals surface area contributed by atoms with Crippen LogP contribution in [-0.4, -0.2) is 39.9 Å². The van der Waals surface area contributed by atoms with Gasteiger partial charge in [0.1, 0.15) is 0 Å². The van der Waals surface area contributed by atoms with E-state index < -0.39 is 0 Å². The molecule has 4 rings (SSSR count). The molecule has 1 aliphatic heterocycles. The van der Waals surface area contributed by atoms with Crippen molar-refractivity contribution in [2.75, 3.05) is 13.1 Å². The van der Waals surface area contributed by atoms with Crippen LogP contribution in [0, 0.1) is 0 Å². The molecule has 1 aromatic heterocycles. The monoisotopic (exact) mass is 422 g/mol. The van der Waals surface area contributed by atoms with Crippen LogP contribution in [0.25, 0.3) is 0 Å². The Labute approximate surface area is 182 Å². The Hall–Kier alpha value is -2.96. The summed E-state index contributed by atoms with van der Waals surface area (Å²) >= 11 is 0. The van der Waals surface area contributed by atoms with E-state index in [1.165, 1.54) is 18.4 Å². The lowest BCUT2D eigenvalue weighted by Crippen LogP contribution is -2.31. The van der Waals surface area contributed by atoms with Gasteiger partial charge in [-0.05, 0) is 57.1 Å². The summed E-state index contributed by atoms with van der Waals surface area (Å²) in [7, 11) is 0. The Morgan fingerprint density at radius 2 is 2.00 bits per heavy atom. The number of likely N-dealkylation sites (tertiary alicyclic amines) is 1. The minimum Gasteiger partial charge on any atom is -0.356 e. The van der Waals surface area contributed by atoms with Crippen LogP contribution in [0.2, 0.25) is 0 Å². The Morgan fingerprint density at radius 1 is 1.13 bits per heavy atom. The van der Waals surface area contributed by atoms with Crippen molar-refractivity contribution in [1.82, 2.24) is 20.4 Å². The number of hydrogen-bond donors (Lipinski definition) is 1. The molecule has 2 heterocycles. The number of nitrogens with one attached hydrogen (secondary N) is 1. The predicted octanol–water partition coefficient (Wildman–Crippen LogP) is 3.99. The smallest absolute Gasteiger partial charge is 0.254 e. The quantitative estimate of drug-likeness (QED) is 0.650. The number of hydrogen-bond acceptors (Lipinski definition) is 5. The molecule has 2 amide bonds. The summed E-state index contributed by atoms with van der Waals surface area (Å²) in [5.74, 6) is 0.959. The molecule has 0 radical (unpaired) electrons. The van der Waals surface area contributed by atoms with E-state index in [-0.39, 0.29) is 17.9 Å². The second-order valence-electron chi connectivity index (χ2n) is 8.28. The first-order chi connectivity index (χ1) is 15.2. The molecule has 1 aromatic carbocycles. The Kier molecular flexibility index (Phi) is 7.12. The van der Waals surface area contributed by atoms with Crippen LogP contribution in [0.15, 0.2) is 46.5 Å². The van der Waals surface area contributed by atoms with Gasteiger partial charge in [-0.25, -0.2) is 0 Å². The van der Waals surface area contributed by atoms with E-state index in [4.69, 9.17) is 4.52 Å². The van der Waals surface area contributed by atoms with Crippen LogP contribution < -0.4 is 5.32 Å². The fraction of sp³-hybridized carbons (Fsp3) is 0.500. The van der Waals surface area contributed by atoms with Crippen LogP contribution >= 0.6 is 0 Å². The zero-order valence-corrected chi connectivity index (χ0v) is 17.9. The highest BCUT2D eigenvalue weighted by Gasteiger charge is 2.33. The van der Waals surface area contributed by atoms with E-state index in [1.54, 1.807) is 0 Å². The van der Waals surface area contributed by atoms with Gasteiger partial charge in [-0.1, -0.05) is 35.0 Å². The average Bonchev–Trinajstić information content (AvgIpc) is 3.48. The van der Waals surface area contributed by atoms with E-state index in [0.717, 1.165) is 32.1 Å². The number of carbonyl (C=O) groups excluding carboxylic acids is 2. The highest BCUT2D eigenvalue weighted by molar-refractivity contribution is 5.94. The summed E-state index contributed by atoms with van der Waals surface area (Å²) in [5.41, 5.74) is 2.12. The number of amides is 2. The summed E-state index contributed by atoms with van der Waals surface area (Å²) in [6.07, 6.45) is 10.5. The zero-order chi connectivity index (χ0) is 21.5. The van der Waals surface area contributed by atoms with Crippen LogP contribution in [0.4, 0.5) is 0 Å². The van der Waals surface area contributed by atoms with E-state index in [2.05, 4.69) is 21.5 Å². The van der Waals surface area contributed by atoms with Crippen molar-refractivity contribution in [3.05, 3.63) is 59.3 Å². The van der Waals surface area contributed by atoms with Crippen molar-refractivity contribution < 1.29 is 14.1 Å².